The zero-order chi connectivity index (χ0) is 27.1. The topological polar surface area (TPSA) is 26.5 Å². The van der Waals surface area contributed by atoms with Gasteiger partial charge in [-0.2, -0.15) is 0 Å². The molecule has 0 amide bonds. The third kappa shape index (κ3) is 3.16. The van der Waals surface area contributed by atoms with Crippen molar-refractivity contribution in [2.45, 2.75) is 0 Å². The lowest BCUT2D eigenvalue weighted by atomic mass is 9.88. The van der Waals surface area contributed by atoms with E-state index in [0.29, 0.717) is 5.69 Å². The molecule has 1 aliphatic rings. The molecule has 41 heavy (non-hydrogen) atoms. The molecule has 0 spiro atoms. The summed E-state index contributed by atoms with van der Waals surface area (Å²) in [5.41, 5.74) is 7.42. The van der Waals surface area contributed by atoms with Crippen molar-refractivity contribution in [3.05, 3.63) is 133 Å². The van der Waals surface area contributed by atoms with Gasteiger partial charge >= 0.3 is 0 Å². The van der Waals surface area contributed by atoms with E-state index in [1.165, 1.54) is 43.4 Å². The molecule has 0 atom stereocenters. The highest BCUT2D eigenvalue weighted by Crippen LogP contribution is 2.50. The second-order valence-corrected chi connectivity index (χ2v) is 10.7. The third-order valence-corrected chi connectivity index (χ3v) is 8.45. The van der Waals surface area contributed by atoms with Crippen LogP contribution in [0.2, 0.25) is 0 Å². The standard InChI is InChI=1S/C38H20N2O/c1-39-33-12-14-35-38-30(5-2-6-31(33)38)32-20-22(11-13-34(32)41-35)28-16-23-7-9-25-18-29(27-4-3-15-40-21-27)19-26-10-8-24(17-28)36(23)37(25)26/h2-21H. The number of rotatable bonds is 2. The molecule has 9 rings (SSSR count). The van der Waals surface area contributed by atoms with Crippen LogP contribution >= 0.6 is 0 Å². The van der Waals surface area contributed by atoms with Crippen molar-refractivity contribution in [1.29, 1.82) is 0 Å². The molecule has 8 aromatic rings. The second kappa shape index (κ2) is 8.14. The average molecular weight is 521 g/mol. The Kier molecular flexibility index (Phi) is 4.40. The lowest BCUT2D eigenvalue weighted by Crippen LogP contribution is -1.97. The van der Waals surface area contributed by atoms with Gasteiger partial charge in [0.15, 0.2) is 5.69 Å². The van der Waals surface area contributed by atoms with Gasteiger partial charge in [-0.05, 0) is 108 Å². The van der Waals surface area contributed by atoms with Crippen LogP contribution in [0.5, 0.6) is 11.5 Å². The van der Waals surface area contributed by atoms with Gasteiger partial charge in [0.05, 0.1) is 6.57 Å². The van der Waals surface area contributed by atoms with E-state index in [1.807, 2.05) is 42.7 Å². The van der Waals surface area contributed by atoms with Crippen LogP contribution in [-0.2, 0) is 0 Å². The van der Waals surface area contributed by atoms with Crippen molar-refractivity contribution < 1.29 is 4.74 Å². The minimum Gasteiger partial charge on any atom is -0.456 e. The van der Waals surface area contributed by atoms with Gasteiger partial charge < -0.3 is 4.74 Å². The number of hydrogen-bond acceptors (Lipinski definition) is 2. The molecule has 1 aliphatic heterocycles. The van der Waals surface area contributed by atoms with Crippen LogP contribution in [0.3, 0.4) is 0 Å². The molecular weight excluding hydrogens is 500 g/mol. The van der Waals surface area contributed by atoms with Crippen LogP contribution in [0, 0.1) is 6.57 Å². The first-order valence-electron chi connectivity index (χ1n) is 13.6. The number of benzene rings is 7. The van der Waals surface area contributed by atoms with E-state index in [-0.39, 0.29) is 0 Å². The summed E-state index contributed by atoms with van der Waals surface area (Å²) in [4.78, 5) is 8.06. The minimum atomic E-state index is 0.647. The van der Waals surface area contributed by atoms with E-state index >= 15 is 0 Å². The lowest BCUT2D eigenvalue weighted by molar-refractivity contribution is 0.487. The van der Waals surface area contributed by atoms with E-state index in [9.17, 15) is 0 Å². The molecular formula is C38H20N2O. The Balaban J connectivity index is 1.22. The minimum absolute atomic E-state index is 0.647. The van der Waals surface area contributed by atoms with E-state index in [4.69, 9.17) is 11.3 Å². The van der Waals surface area contributed by atoms with Gasteiger partial charge in [0.25, 0.3) is 0 Å². The predicted octanol–water partition coefficient (Wildman–Crippen LogP) is 10.8. The molecule has 0 unspecified atom stereocenters. The fraction of sp³-hybridized carbons (Fsp3) is 0. The van der Waals surface area contributed by atoms with Crippen LogP contribution in [-0.4, -0.2) is 4.98 Å². The Morgan fingerprint density at radius 1 is 0.537 bits per heavy atom. The third-order valence-electron chi connectivity index (χ3n) is 8.45. The summed E-state index contributed by atoms with van der Waals surface area (Å²) in [6, 6.07) is 38.6. The number of pyridine rings is 1. The molecule has 0 bridgehead atoms. The van der Waals surface area contributed by atoms with Crippen molar-refractivity contribution in [3.8, 4) is 44.9 Å². The van der Waals surface area contributed by atoms with Gasteiger partial charge in [0, 0.05) is 28.9 Å². The fourth-order valence-corrected chi connectivity index (χ4v) is 6.60. The van der Waals surface area contributed by atoms with E-state index in [1.54, 1.807) is 0 Å². The van der Waals surface area contributed by atoms with Gasteiger partial charge in [-0.3, -0.25) is 4.98 Å². The average Bonchev–Trinajstić information content (AvgIpc) is 3.04. The molecule has 0 saturated heterocycles. The highest BCUT2D eigenvalue weighted by Gasteiger charge is 2.22. The lowest BCUT2D eigenvalue weighted by Gasteiger charge is -2.22. The molecule has 0 radical (unpaired) electrons. The molecule has 0 saturated carbocycles. The normalized spacial score (nSPS) is 12.1. The maximum atomic E-state index is 7.62. The van der Waals surface area contributed by atoms with Crippen molar-refractivity contribution in [1.82, 2.24) is 4.98 Å². The second-order valence-electron chi connectivity index (χ2n) is 10.7. The van der Waals surface area contributed by atoms with Crippen LogP contribution in [0.15, 0.2) is 122 Å². The Hall–Kier alpha value is -5.72. The van der Waals surface area contributed by atoms with E-state index in [0.717, 1.165) is 44.5 Å². The van der Waals surface area contributed by atoms with Crippen LogP contribution in [0.25, 0.3) is 81.3 Å². The number of aromatic nitrogens is 1. The summed E-state index contributed by atoms with van der Waals surface area (Å²) < 4.78 is 6.33. The molecule has 3 heteroatoms. The first-order valence-corrected chi connectivity index (χ1v) is 13.6. The van der Waals surface area contributed by atoms with Gasteiger partial charge in [-0.25, -0.2) is 4.85 Å². The first-order chi connectivity index (χ1) is 20.2. The van der Waals surface area contributed by atoms with E-state index < -0.39 is 0 Å². The van der Waals surface area contributed by atoms with Crippen molar-refractivity contribution in [3.63, 3.8) is 0 Å². The summed E-state index contributed by atoms with van der Waals surface area (Å²) in [6.07, 6.45) is 3.73. The Morgan fingerprint density at radius 3 is 1.88 bits per heavy atom. The number of ether oxygens (including phenoxy) is 1. The molecule has 2 heterocycles. The monoisotopic (exact) mass is 520 g/mol. The van der Waals surface area contributed by atoms with E-state index in [2.05, 4.69) is 88.7 Å². The molecule has 3 nitrogen and oxygen atoms in total. The number of fused-ring (bicyclic) bond motifs is 2. The summed E-state index contributed by atoms with van der Waals surface area (Å²) in [5, 5.41) is 9.48. The van der Waals surface area contributed by atoms with Crippen molar-refractivity contribution in [2.75, 3.05) is 0 Å². The van der Waals surface area contributed by atoms with Crippen LogP contribution < -0.4 is 4.74 Å². The predicted molar refractivity (Wildman–Crippen MR) is 168 cm³/mol. The largest absolute Gasteiger partial charge is 0.456 e. The van der Waals surface area contributed by atoms with Gasteiger partial charge in [0.1, 0.15) is 11.5 Å². The number of hydrogen-bond donors (Lipinski definition) is 0. The smallest absolute Gasteiger partial charge is 0.195 e. The summed E-state index contributed by atoms with van der Waals surface area (Å²) in [6.45, 7) is 7.62. The molecule has 0 N–H and O–H groups in total. The van der Waals surface area contributed by atoms with Gasteiger partial charge in [-0.15, -0.1) is 0 Å². The molecule has 0 fully saturated rings. The van der Waals surface area contributed by atoms with Gasteiger partial charge in [-0.1, -0.05) is 60.7 Å². The molecule has 188 valence electrons. The van der Waals surface area contributed by atoms with Crippen LogP contribution in [0.4, 0.5) is 5.69 Å². The maximum absolute atomic E-state index is 7.62. The SMILES string of the molecule is [C-]#[N+]c1ccc2c3c(cccc13)-c1cc(-c3cc4ccc5cc(-c6cccnc6)cc6ccc(c3)c4c56)ccc1O2. The quantitative estimate of drug-likeness (QED) is 0.167. The number of nitrogens with zero attached hydrogens (tertiary/aromatic N) is 2. The van der Waals surface area contributed by atoms with Crippen molar-refractivity contribution in [2.24, 2.45) is 0 Å². The zero-order valence-corrected chi connectivity index (χ0v) is 21.8. The Bertz CT molecular complexity index is 2330. The summed E-state index contributed by atoms with van der Waals surface area (Å²) in [5.74, 6) is 1.64. The first kappa shape index (κ1) is 22.1. The highest BCUT2D eigenvalue weighted by atomic mass is 16.5. The highest BCUT2D eigenvalue weighted by molar-refractivity contribution is 6.24. The van der Waals surface area contributed by atoms with Crippen LogP contribution in [0.1, 0.15) is 0 Å². The molecule has 7 aromatic carbocycles. The fourth-order valence-electron chi connectivity index (χ4n) is 6.60. The zero-order valence-electron chi connectivity index (χ0n) is 21.8. The summed E-state index contributed by atoms with van der Waals surface area (Å²) in [7, 11) is 0. The summed E-state index contributed by atoms with van der Waals surface area (Å²) >= 11 is 0. The van der Waals surface area contributed by atoms with Gasteiger partial charge in [0.2, 0.25) is 0 Å². The maximum Gasteiger partial charge on any atom is 0.195 e. The Morgan fingerprint density at radius 2 is 1.22 bits per heavy atom. The molecule has 0 aliphatic carbocycles. The Labute approximate surface area is 236 Å². The molecule has 1 aromatic heterocycles. The van der Waals surface area contributed by atoms with Crippen molar-refractivity contribution >= 4 is 48.8 Å².